The monoisotopic (exact) mass is 504 g/mol. The average Bonchev–Trinajstić information content (AvgIpc) is 2.82. The maximum absolute atomic E-state index is 10.2. The molecule has 11 N–H and O–H groups in total. The number of rotatable bonds is 7. The molecule has 16 heteroatoms. The summed E-state index contributed by atoms with van der Waals surface area (Å²) in [6.07, 6.45) is -24.4. The van der Waals surface area contributed by atoms with Gasteiger partial charge in [0.25, 0.3) is 0 Å². The molecule has 0 aromatic heterocycles. The molecule has 16 nitrogen and oxygen atoms in total. The van der Waals surface area contributed by atoms with E-state index < -0.39 is 112 Å². The molecular formula is C18H32O16. The number of hydrogen-bond donors (Lipinski definition) is 11. The van der Waals surface area contributed by atoms with E-state index in [1.54, 1.807) is 0 Å². The lowest BCUT2D eigenvalue weighted by molar-refractivity contribution is -0.340. The van der Waals surface area contributed by atoms with Crippen molar-refractivity contribution in [1.29, 1.82) is 0 Å². The molecule has 200 valence electrons. The Morgan fingerprint density at radius 3 is 1.29 bits per heavy atom. The van der Waals surface area contributed by atoms with Crippen molar-refractivity contribution in [3.05, 3.63) is 0 Å². The third-order valence-electron chi connectivity index (χ3n) is 6.05. The van der Waals surface area contributed by atoms with Gasteiger partial charge >= 0.3 is 0 Å². The lowest BCUT2D eigenvalue weighted by Gasteiger charge is -2.43. The molecule has 3 aliphatic heterocycles. The van der Waals surface area contributed by atoms with Crippen molar-refractivity contribution >= 4 is 0 Å². The quantitative estimate of drug-likeness (QED) is 0.154. The number of aliphatic hydroxyl groups excluding tert-OH is 11. The Kier molecular flexibility index (Phi) is 9.54. The zero-order valence-corrected chi connectivity index (χ0v) is 17.7. The van der Waals surface area contributed by atoms with Gasteiger partial charge in [-0.1, -0.05) is 0 Å². The predicted molar refractivity (Wildman–Crippen MR) is 101 cm³/mol. The summed E-state index contributed by atoms with van der Waals surface area (Å²) >= 11 is 0. The van der Waals surface area contributed by atoms with Gasteiger partial charge in [-0.25, -0.2) is 0 Å². The van der Waals surface area contributed by atoms with E-state index in [0.29, 0.717) is 0 Å². The number of hydrogen-bond acceptors (Lipinski definition) is 16. The molecule has 3 fully saturated rings. The molecule has 0 unspecified atom stereocenters. The van der Waals surface area contributed by atoms with Crippen LogP contribution in [-0.2, 0) is 23.7 Å². The second-order valence-electron chi connectivity index (χ2n) is 8.42. The number of ether oxygens (including phenoxy) is 5. The lowest BCUT2D eigenvalue weighted by atomic mass is 9.98. The molecule has 0 saturated carbocycles. The second kappa shape index (κ2) is 11.6. The van der Waals surface area contributed by atoms with Crippen LogP contribution < -0.4 is 0 Å². The van der Waals surface area contributed by atoms with E-state index in [0.717, 1.165) is 0 Å². The first-order valence-electron chi connectivity index (χ1n) is 10.6. The zero-order valence-electron chi connectivity index (χ0n) is 17.7. The van der Waals surface area contributed by atoms with E-state index in [9.17, 15) is 56.2 Å². The van der Waals surface area contributed by atoms with Gasteiger partial charge < -0.3 is 79.9 Å². The first kappa shape index (κ1) is 27.9. The van der Waals surface area contributed by atoms with Gasteiger partial charge in [-0.2, -0.15) is 0 Å². The van der Waals surface area contributed by atoms with Crippen LogP contribution in [0.1, 0.15) is 0 Å². The molecule has 3 rings (SSSR count). The Morgan fingerprint density at radius 1 is 0.441 bits per heavy atom. The van der Waals surface area contributed by atoms with E-state index in [1.165, 1.54) is 0 Å². The molecule has 15 atom stereocenters. The van der Waals surface area contributed by atoms with Gasteiger partial charge in [0.15, 0.2) is 18.9 Å². The summed E-state index contributed by atoms with van der Waals surface area (Å²) in [5.74, 6) is 0. The SMILES string of the molecule is OC[C@H]1O[C@@H](OC[C@H]2O[C@@H](OC[C@H]3O[C@@H](O)[C@H](O)[C@@H](O)[C@@H]3O)[C@H](O)[C@@H](O)[C@@H]2O)[C@H](O)[C@@H](O)[C@@H]1O. The van der Waals surface area contributed by atoms with Crippen molar-refractivity contribution in [2.24, 2.45) is 0 Å². The van der Waals surface area contributed by atoms with Crippen molar-refractivity contribution in [3.63, 3.8) is 0 Å². The minimum Gasteiger partial charge on any atom is -0.394 e. The maximum Gasteiger partial charge on any atom is 0.186 e. The van der Waals surface area contributed by atoms with E-state index in [-0.39, 0.29) is 0 Å². The zero-order chi connectivity index (χ0) is 25.3. The van der Waals surface area contributed by atoms with Gasteiger partial charge in [-0.15, -0.1) is 0 Å². The topological polar surface area (TPSA) is 269 Å². The van der Waals surface area contributed by atoms with Gasteiger partial charge in [0.2, 0.25) is 0 Å². The van der Waals surface area contributed by atoms with E-state index >= 15 is 0 Å². The second-order valence-corrected chi connectivity index (χ2v) is 8.42. The van der Waals surface area contributed by atoms with Crippen LogP contribution in [0.25, 0.3) is 0 Å². The first-order chi connectivity index (χ1) is 16.0. The molecule has 34 heavy (non-hydrogen) atoms. The van der Waals surface area contributed by atoms with E-state index in [4.69, 9.17) is 23.7 Å². The van der Waals surface area contributed by atoms with E-state index in [2.05, 4.69) is 0 Å². The minimum atomic E-state index is -1.82. The highest BCUT2D eigenvalue weighted by atomic mass is 16.7. The molecule has 0 spiro atoms. The first-order valence-corrected chi connectivity index (χ1v) is 10.6. The summed E-state index contributed by atoms with van der Waals surface area (Å²) in [6, 6.07) is 0. The minimum absolute atomic E-state index is 0.570. The fourth-order valence-corrected chi connectivity index (χ4v) is 3.84. The molecule has 0 aliphatic carbocycles. The summed E-state index contributed by atoms with van der Waals surface area (Å²) in [5, 5.41) is 108. The van der Waals surface area contributed by atoms with Crippen molar-refractivity contribution in [2.45, 2.75) is 92.1 Å². The van der Waals surface area contributed by atoms with Crippen LogP contribution in [-0.4, -0.2) is 168 Å². The average molecular weight is 504 g/mol. The van der Waals surface area contributed by atoms with Crippen molar-refractivity contribution in [2.75, 3.05) is 19.8 Å². The fourth-order valence-electron chi connectivity index (χ4n) is 3.84. The predicted octanol–water partition coefficient (Wildman–Crippen LogP) is -7.57. The van der Waals surface area contributed by atoms with Crippen LogP contribution in [0.2, 0.25) is 0 Å². The highest BCUT2D eigenvalue weighted by Gasteiger charge is 2.48. The molecule has 0 amide bonds. The molecule has 3 aliphatic rings. The Balaban J connectivity index is 1.58. The van der Waals surface area contributed by atoms with Gasteiger partial charge in [-0.3, -0.25) is 0 Å². The lowest BCUT2D eigenvalue weighted by Crippen LogP contribution is -2.62. The summed E-state index contributed by atoms with van der Waals surface area (Å²) in [6.45, 7) is -1.84. The maximum atomic E-state index is 10.2. The third-order valence-corrected chi connectivity index (χ3v) is 6.05. The summed E-state index contributed by atoms with van der Waals surface area (Å²) in [7, 11) is 0. The Hall–Kier alpha value is -0.640. The number of aliphatic hydroxyl groups is 11. The fraction of sp³-hybridized carbons (Fsp3) is 1.00. The third kappa shape index (κ3) is 5.68. The van der Waals surface area contributed by atoms with Crippen LogP contribution in [0.5, 0.6) is 0 Å². The van der Waals surface area contributed by atoms with Gasteiger partial charge in [0.1, 0.15) is 73.2 Å². The van der Waals surface area contributed by atoms with Crippen molar-refractivity contribution < 1.29 is 79.9 Å². The molecule has 3 saturated heterocycles. The summed E-state index contributed by atoms with van der Waals surface area (Å²) in [5.41, 5.74) is 0. The molecule has 0 aromatic rings. The van der Waals surface area contributed by atoms with Gasteiger partial charge in [0, 0.05) is 0 Å². The Labute approximate surface area is 192 Å². The Morgan fingerprint density at radius 2 is 0.824 bits per heavy atom. The largest absolute Gasteiger partial charge is 0.394 e. The van der Waals surface area contributed by atoms with Crippen LogP contribution in [0.4, 0.5) is 0 Å². The van der Waals surface area contributed by atoms with Crippen LogP contribution in [0, 0.1) is 0 Å². The Bertz CT molecular complexity index is 639. The highest BCUT2D eigenvalue weighted by Crippen LogP contribution is 2.27. The highest BCUT2D eigenvalue weighted by molar-refractivity contribution is 4.92. The van der Waals surface area contributed by atoms with Crippen molar-refractivity contribution in [3.8, 4) is 0 Å². The summed E-state index contributed by atoms with van der Waals surface area (Å²) in [4.78, 5) is 0. The molecule has 0 aromatic carbocycles. The van der Waals surface area contributed by atoms with Crippen LogP contribution >= 0.6 is 0 Å². The summed E-state index contributed by atoms with van der Waals surface area (Å²) < 4.78 is 26.1. The molecular weight excluding hydrogens is 472 g/mol. The van der Waals surface area contributed by atoms with E-state index in [1.807, 2.05) is 0 Å². The standard InChI is InChI=1S/C18H32O16/c19-1-4-7(20)11(24)14(27)17(33-4)31-3-6-9(22)12(25)15(28)18(34-6)30-2-5-8(21)10(23)13(26)16(29)32-5/h4-29H,1-3H2/t4-,5-,6-,7-,8-,9-,10+,11+,12+,13-,14-,15-,16-,17-,18-/m1/s1. The van der Waals surface area contributed by atoms with Crippen molar-refractivity contribution in [1.82, 2.24) is 0 Å². The smallest absolute Gasteiger partial charge is 0.186 e. The molecule has 0 radical (unpaired) electrons. The van der Waals surface area contributed by atoms with Gasteiger partial charge in [-0.05, 0) is 0 Å². The molecule has 0 bridgehead atoms. The molecule has 3 heterocycles. The van der Waals surface area contributed by atoms with Crippen LogP contribution in [0.3, 0.4) is 0 Å². The normalized spacial score (nSPS) is 52.5. The van der Waals surface area contributed by atoms with Crippen LogP contribution in [0.15, 0.2) is 0 Å². The van der Waals surface area contributed by atoms with Gasteiger partial charge in [0.05, 0.1) is 19.8 Å².